The molecule has 10 heteroatoms. The third-order valence-corrected chi connectivity index (χ3v) is 5.11. The zero-order valence-corrected chi connectivity index (χ0v) is 19.3. The Bertz CT molecular complexity index is 870. The molecule has 1 heterocycles. The summed E-state index contributed by atoms with van der Waals surface area (Å²) in [6.45, 7) is 7.32. The predicted molar refractivity (Wildman–Crippen MR) is 115 cm³/mol. The number of piperidine rings is 1. The van der Waals surface area contributed by atoms with Gasteiger partial charge in [-0.05, 0) is 51.5 Å². The number of likely N-dealkylation sites (tertiary alicyclic amines) is 1. The Morgan fingerprint density at radius 2 is 1.79 bits per heavy atom. The van der Waals surface area contributed by atoms with Crippen LogP contribution in [0, 0.1) is 11.3 Å². The van der Waals surface area contributed by atoms with Gasteiger partial charge in [-0.15, -0.1) is 0 Å². The van der Waals surface area contributed by atoms with Crippen LogP contribution in [-0.4, -0.2) is 53.4 Å². The maximum atomic E-state index is 13.8. The number of rotatable bonds is 7. The fourth-order valence-corrected chi connectivity index (χ4v) is 3.27. The summed E-state index contributed by atoms with van der Waals surface area (Å²) in [4.78, 5) is 26.3. The van der Waals surface area contributed by atoms with Crippen LogP contribution < -0.4 is 10.1 Å². The Kier molecular flexibility index (Phi) is 8.22. The van der Waals surface area contributed by atoms with E-state index in [0.29, 0.717) is 0 Å². The van der Waals surface area contributed by atoms with Gasteiger partial charge in [0, 0.05) is 31.5 Å². The first-order valence-electron chi connectivity index (χ1n) is 10.8. The van der Waals surface area contributed by atoms with E-state index in [1.54, 1.807) is 27.7 Å². The molecule has 2 amide bonds. The number of benzene rings is 1. The molecule has 0 aliphatic carbocycles. The first-order chi connectivity index (χ1) is 15.3. The van der Waals surface area contributed by atoms with Gasteiger partial charge in [0.2, 0.25) is 6.17 Å². The first-order valence-corrected chi connectivity index (χ1v) is 10.8. The number of ether oxygens (including phenoxy) is 2. The van der Waals surface area contributed by atoms with Crippen molar-refractivity contribution >= 4 is 12.0 Å². The van der Waals surface area contributed by atoms with Crippen LogP contribution in [0.3, 0.4) is 0 Å². The largest absolute Gasteiger partial charge is 0.444 e. The molecule has 0 aromatic heterocycles. The van der Waals surface area contributed by atoms with Gasteiger partial charge in [-0.1, -0.05) is 13.3 Å². The summed E-state index contributed by atoms with van der Waals surface area (Å²) in [5.41, 5.74) is -1.70. The van der Waals surface area contributed by atoms with Crippen LogP contribution in [0.2, 0.25) is 0 Å². The van der Waals surface area contributed by atoms with Crippen molar-refractivity contribution in [3.8, 4) is 11.8 Å². The van der Waals surface area contributed by atoms with Crippen LogP contribution in [0.1, 0.15) is 63.7 Å². The Morgan fingerprint density at radius 1 is 1.21 bits per heavy atom. The van der Waals surface area contributed by atoms with Crippen LogP contribution in [-0.2, 0) is 4.74 Å². The van der Waals surface area contributed by atoms with E-state index in [-0.39, 0.29) is 50.1 Å². The van der Waals surface area contributed by atoms with E-state index in [1.165, 1.54) is 17.0 Å². The lowest BCUT2D eigenvalue weighted by Crippen LogP contribution is -2.55. The van der Waals surface area contributed by atoms with Crippen molar-refractivity contribution in [2.45, 2.75) is 76.8 Å². The van der Waals surface area contributed by atoms with Crippen LogP contribution in [0.15, 0.2) is 24.3 Å². The molecule has 1 aliphatic rings. The number of nitriles is 1. The van der Waals surface area contributed by atoms with Crippen molar-refractivity contribution in [3.63, 3.8) is 0 Å². The molecule has 1 aromatic rings. The van der Waals surface area contributed by atoms with Crippen LogP contribution in [0.4, 0.5) is 18.0 Å². The lowest BCUT2D eigenvalue weighted by molar-refractivity contribution is -0.221. The number of nitrogens with zero attached hydrogens (tertiary/aromatic N) is 2. The average molecular weight is 470 g/mol. The summed E-state index contributed by atoms with van der Waals surface area (Å²) in [5.74, 6) is -0.856. The van der Waals surface area contributed by atoms with Gasteiger partial charge in [-0.2, -0.15) is 14.0 Å². The second-order valence-electron chi connectivity index (χ2n) is 9.06. The van der Waals surface area contributed by atoms with Crippen molar-refractivity contribution < 1.29 is 32.2 Å². The van der Waals surface area contributed by atoms with Gasteiger partial charge in [-0.25, -0.2) is 9.18 Å². The van der Waals surface area contributed by atoms with E-state index in [0.717, 1.165) is 12.1 Å². The maximum Gasteiger partial charge on any atom is 0.429 e. The van der Waals surface area contributed by atoms with Crippen molar-refractivity contribution in [1.29, 1.82) is 5.26 Å². The molecule has 2 rings (SSSR count). The molecule has 7 nitrogen and oxygen atoms in total. The number of amides is 2. The van der Waals surface area contributed by atoms with Gasteiger partial charge in [0.05, 0.1) is 6.07 Å². The Labute approximate surface area is 191 Å². The number of nitrogens with one attached hydrogen (secondary N) is 1. The highest BCUT2D eigenvalue weighted by atomic mass is 19.3. The topological polar surface area (TPSA) is 91.7 Å². The van der Waals surface area contributed by atoms with Crippen LogP contribution >= 0.6 is 0 Å². The molecule has 1 N–H and O–H groups in total. The fraction of sp³-hybridized carbons (Fsp3) is 0.609. The Balaban J connectivity index is 1.98. The van der Waals surface area contributed by atoms with Crippen molar-refractivity contribution in [2.24, 2.45) is 0 Å². The normalized spacial score (nSPS) is 17.0. The monoisotopic (exact) mass is 469 g/mol. The summed E-state index contributed by atoms with van der Waals surface area (Å²) < 4.78 is 50.9. The molecule has 1 fully saturated rings. The molecule has 1 atom stereocenters. The Morgan fingerprint density at radius 3 is 2.27 bits per heavy atom. The Hall–Kier alpha value is -2.96. The second-order valence-corrected chi connectivity index (χ2v) is 9.06. The maximum absolute atomic E-state index is 13.8. The quantitative estimate of drug-likeness (QED) is 0.618. The summed E-state index contributed by atoms with van der Waals surface area (Å²) in [7, 11) is 0. The zero-order valence-electron chi connectivity index (χ0n) is 19.3. The van der Waals surface area contributed by atoms with Crippen LogP contribution in [0.25, 0.3) is 0 Å². The van der Waals surface area contributed by atoms with E-state index in [1.807, 2.05) is 0 Å². The first kappa shape index (κ1) is 26.3. The lowest BCUT2D eigenvalue weighted by atomic mass is 9.88. The highest BCUT2D eigenvalue weighted by Gasteiger charge is 2.42. The number of carbonyl (C=O) groups excluding carboxylic acids is 2. The molecular formula is C23H30F3N3O4. The fourth-order valence-electron chi connectivity index (χ4n) is 3.27. The summed E-state index contributed by atoms with van der Waals surface area (Å²) >= 11 is 0. The van der Waals surface area contributed by atoms with Crippen LogP contribution in [0.5, 0.6) is 5.75 Å². The molecular weight excluding hydrogens is 439 g/mol. The minimum atomic E-state index is -3.98. The van der Waals surface area contributed by atoms with E-state index in [4.69, 9.17) is 4.74 Å². The number of carbonyl (C=O) groups is 2. The van der Waals surface area contributed by atoms with E-state index < -0.39 is 35.4 Å². The molecule has 1 saturated heterocycles. The highest BCUT2D eigenvalue weighted by molar-refractivity contribution is 5.95. The molecule has 1 aliphatic heterocycles. The van der Waals surface area contributed by atoms with E-state index in [2.05, 4.69) is 16.1 Å². The lowest BCUT2D eigenvalue weighted by Gasteiger charge is -2.38. The number of alkyl halides is 3. The van der Waals surface area contributed by atoms with Gasteiger partial charge in [0.15, 0.2) is 0 Å². The van der Waals surface area contributed by atoms with E-state index >= 15 is 0 Å². The standard InChI is InChI=1S/C23H30F3N3O4/c1-5-6-18(24)23(25,26)32-17-9-7-16(8-10-17)19(30)28-22(15-27)11-13-29(14-12-22)20(31)33-21(2,3)4/h7-10,18H,5-6,11-14H2,1-4H3,(H,28,30). The molecule has 0 radical (unpaired) electrons. The number of halogens is 3. The van der Waals surface area contributed by atoms with E-state index in [9.17, 15) is 28.0 Å². The second kappa shape index (κ2) is 10.3. The third-order valence-electron chi connectivity index (χ3n) is 5.11. The summed E-state index contributed by atoms with van der Waals surface area (Å²) in [6.07, 6.45) is -6.58. The van der Waals surface area contributed by atoms with Crippen molar-refractivity contribution in [1.82, 2.24) is 10.2 Å². The molecule has 0 spiro atoms. The minimum absolute atomic E-state index is 0.125. The average Bonchev–Trinajstić information content (AvgIpc) is 2.73. The summed E-state index contributed by atoms with van der Waals surface area (Å²) in [6, 6.07) is 6.92. The molecule has 182 valence electrons. The highest BCUT2D eigenvalue weighted by Crippen LogP contribution is 2.29. The summed E-state index contributed by atoms with van der Waals surface area (Å²) in [5, 5.41) is 12.4. The van der Waals surface area contributed by atoms with Gasteiger partial charge < -0.3 is 19.7 Å². The predicted octanol–water partition coefficient (Wildman–Crippen LogP) is 4.82. The molecule has 1 unspecified atom stereocenters. The third kappa shape index (κ3) is 7.27. The smallest absolute Gasteiger partial charge is 0.429 e. The SMILES string of the molecule is CCCC(F)C(F)(F)Oc1ccc(C(=O)NC2(C#N)CCN(C(=O)OC(C)(C)C)CC2)cc1. The number of hydrogen-bond acceptors (Lipinski definition) is 5. The number of hydrogen-bond donors (Lipinski definition) is 1. The minimum Gasteiger partial charge on any atom is -0.444 e. The van der Waals surface area contributed by atoms with Gasteiger partial charge in [0.25, 0.3) is 5.91 Å². The van der Waals surface area contributed by atoms with Gasteiger partial charge in [0.1, 0.15) is 16.9 Å². The van der Waals surface area contributed by atoms with Crippen molar-refractivity contribution in [2.75, 3.05) is 13.1 Å². The zero-order chi connectivity index (χ0) is 24.9. The van der Waals surface area contributed by atoms with Gasteiger partial charge >= 0.3 is 12.2 Å². The molecule has 1 aromatic carbocycles. The van der Waals surface area contributed by atoms with Crippen molar-refractivity contribution in [3.05, 3.63) is 29.8 Å². The molecule has 0 bridgehead atoms. The molecule has 0 saturated carbocycles. The molecule has 33 heavy (non-hydrogen) atoms. The van der Waals surface area contributed by atoms with Gasteiger partial charge in [-0.3, -0.25) is 4.79 Å².